The van der Waals surface area contributed by atoms with E-state index < -0.39 is 0 Å². The average molecular weight is 278 g/mol. The van der Waals surface area contributed by atoms with E-state index in [2.05, 4.69) is 26.7 Å². The zero-order chi connectivity index (χ0) is 13.7. The maximum absolute atomic E-state index is 5.37. The van der Waals surface area contributed by atoms with Gasteiger partial charge < -0.3 is 15.0 Å². The number of para-hydroxylation sites is 2. The van der Waals surface area contributed by atoms with Crippen molar-refractivity contribution in [3.8, 4) is 5.75 Å². The first-order valence-corrected chi connectivity index (χ1v) is 6.92. The molecule has 0 bridgehead atoms. The predicted molar refractivity (Wildman–Crippen MR) is 79.2 cm³/mol. The van der Waals surface area contributed by atoms with Crippen molar-refractivity contribution in [1.29, 1.82) is 0 Å². The van der Waals surface area contributed by atoms with Gasteiger partial charge in [-0.2, -0.15) is 0 Å². The van der Waals surface area contributed by atoms with E-state index in [9.17, 15) is 0 Å². The summed E-state index contributed by atoms with van der Waals surface area (Å²) in [7, 11) is 3.70. The molecule has 0 atom stereocenters. The molecule has 0 spiro atoms. The largest absolute Gasteiger partial charge is 0.495 e. The zero-order valence-electron chi connectivity index (χ0n) is 11.4. The van der Waals surface area contributed by atoms with E-state index in [1.807, 2.05) is 31.3 Å². The van der Waals surface area contributed by atoms with Gasteiger partial charge in [-0.15, -0.1) is 5.10 Å². The number of hydrogen-bond donors (Lipinski definition) is 1. The molecular formula is C13H18N4OS. The van der Waals surface area contributed by atoms with Crippen molar-refractivity contribution in [1.82, 2.24) is 9.59 Å². The van der Waals surface area contributed by atoms with E-state index in [1.165, 1.54) is 11.5 Å². The van der Waals surface area contributed by atoms with Gasteiger partial charge >= 0.3 is 0 Å². The highest BCUT2D eigenvalue weighted by Gasteiger charge is 2.13. The van der Waals surface area contributed by atoms with Gasteiger partial charge in [-0.05, 0) is 19.1 Å². The average Bonchev–Trinajstić information content (AvgIpc) is 2.86. The minimum absolute atomic E-state index is 0.694. The molecule has 0 aliphatic carbocycles. The first-order valence-electron chi connectivity index (χ1n) is 6.15. The van der Waals surface area contributed by atoms with Crippen LogP contribution in [0.5, 0.6) is 5.75 Å². The molecule has 0 saturated heterocycles. The van der Waals surface area contributed by atoms with Crippen LogP contribution in [0, 0.1) is 0 Å². The summed E-state index contributed by atoms with van der Waals surface area (Å²) in [6, 6.07) is 7.95. The van der Waals surface area contributed by atoms with Crippen molar-refractivity contribution < 1.29 is 4.74 Å². The molecule has 0 aliphatic heterocycles. The van der Waals surface area contributed by atoms with Gasteiger partial charge in [0, 0.05) is 25.1 Å². The molecule has 19 heavy (non-hydrogen) atoms. The Bertz CT molecular complexity index is 529. The van der Waals surface area contributed by atoms with Gasteiger partial charge in [-0.3, -0.25) is 0 Å². The molecule has 2 aromatic rings. The van der Waals surface area contributed by atoms with Crippen LogP contribution in [0.15, 0.2) is 24.3 Å². The number of rotatable bonds is 6. The second-order valence-electron chi connectivity index (χ2n) is 4.11. The Balaban J connectivity index is 2.16. The highest BCUT2D eigenvalue weighted by Crippen LogP contribution is 2.29. The molecule has 1 aromatic carbocycles. The van der Waals surface area contributed by atoms with E-state index in [1.54, 1.807) is 7.11 Å². The Labute approximate surface area is 117 Å². The number of nitrogens with one attached hydrogen (secondary N) is 1. The van der Waals surface area contributed by atoms with Crippen LogP contribution >= 0.6 is 11.5 Å². The summed E-state index contributed by atoms with van der Waals surface area (Å²) in [5.41, 5.74) is 2.00. The van der Waals surface area contributed by atoms with E-state index in [0.29, 0.717) is 6.54 Å². The predicted octanol–water partition coefficient (Wildman–Crippen LogP) is 2.61. The van der Waals surface area contributed by atoms with Gasteiger partial charge in [0.15, 0.2) is 0 Å². The Morgan fingerprint density at radius 3 is 2.89 bits per heavy atom. The van der Waals surface area contributed by atoms with Crippen molar-refractivity contribution in [2.45, 2.75) is 13.5 Å². The molecule has 1 N–H and O–H groups in total. The maximum atomic E-state index is 5.37. The summed E-state index contributed by atoms with van der Waals surface area (Å²) >= 11 is 1.39. The molecule has 0 amide bonds. The van der Waals surface area contributed by atoms with Gasteiger partial charge in [0.1, 0.15) is 16.4 Å². The quantitative estimate of drug-likeness (QED) is 0.880. The summed E-state index contributed by atoms with van der Waals surface area (Å²) in [5.74, 6) is 0.859. The van der Waals surface area contributed by atoms with Crippen molar-refractivity contribution in [3.05, 3.63) is 30.0 Å². The molecule has 0 radical (unpaired) electrons. The fourth-order valence-electron chi connectivity index (χ4n) is 1.86. The first kappa shape index (κ1) is 13.6. The van der Waals surface area contributed by atoms with Gasteiger partial charge in [-0.1, -0.05) is 16.6 Å². The molecule has 1 heterocycles. The lowest BCUT2D eigenvalue weighted by Crippen LogP contribution is -2.18. The molecule has 1 aromatic heterocycles. The van der Waals surface area contributed by atoms with E-state index in [-0.39, 0.29) is 0 Å². The van der Waals surface area contributed by atoms with Crippen LogP contribution in [0.2, 0.25) is 0 Å². The third-order valence-electron chi connectivity index (χ3n) is 2.78. The minimum atomic E-state index is 0.694. The van der Waals surface area contributed by atoms with Crippen molar-refractivity contribution in [2.24, 2.45) is 0 Å². The lowest BCUT2D eigenvalue weighted by molar-refractivity contribution is 0.414. The molecular weight excluding hydrogens is 260 g/mol. The van der Waals surface area contributed by atoms with Crippen LogP contribution in [0.25, 0.3) is 0 Å². The fourth-order valence-corrected chi connectivity index (χ4v) is 2.50. The normalized spacial score (nSPS) is 10.3. The molecule has 0 fully saturated rings. The van der Waals surface area contributed by atoms with Gasteiger partial charge in [0.25, 0.3) is 0 Å². The number of aromatic nitrogens is 2. The van der Waals surface area contributed by atoms with Crippen molar-refractivity contribution >= 4 is 22.2 Å². The van der Waals surface area contributed by atoms with Gasteiger partial charge in [0.05, 0.1) is 19.3 Å². The van der Waals surface area contributed by atoms with Crippen LogP contribution in [0.1, 0.15) is 12.6 Å². The van der Waals surface area contributed by atoms with Crippen LogP contribution < -0.4 is 15.0 Å². The first-order chi connectivity index (χ1) is 9.26. The Hall–Kier alpha value is -1.82. The number of anilines is 2. The molecule has 2 rings (SSSR count). The number of hydrogen-bond acceptors (Lipinski definition) is 6. The topological polar surface area (TPSA) is 50.3 Å². The highest BCUT2D eigenvalue weighted by molar-refractivity contribution is 7.10. The number of methoxy groups -OCH3 is 1. The highest BCUT2D eigenvalue weighted by atomic mass is 32.1. The summed E-state index contributed by atoms with van der Waals surface area (Å²) in [6.07, 6.45) is 0. The standard InChI is InChI=1S/C13H18N4OS/c1-4-14-13-10(15-16-19-13)9-17(2)11-7-5-6-8-12(11)18-3/h5-8,14H,4,9H2,1-3H3. The Kier molecular flexibility index (Phi) is 4.57. The smallest absolute Gasteiger partial charge is 0.142 e. The number of nitrogens with zero attached hydrogens (tertiary/aromatic N) is 3. The Morgan fingerprint density at radius 2 is 2.16 bits per heavy atom. The lowest BCUT2D eigenvalue weighted by Gasteiger charge is -2.21. The summed E-state index contributed by atoms with van der Waals surface area (Å²) < 4.78 is 9.37. The molecule has 0 saturated carbocycles. The number of ether oxygens (including phenoxy) is 1. The van der Waals surface area contributed by atoms with E-state index >= 15 is 0 Å². The lowest BCUT2D eigenvalue weighted by atomic mass is 10.2. The fraction of sp³-hybridized carbons (Fsp3) is 0.385. The van der Waals surface area contributed by atoms with Crippen LogP contribution in [-0.2, 0) is 6.54 Å². The maximum Gasteiger partial charge on any atom is 0.142 e. The number of benzene rings is 1. The van der Waals surface area contributed by atoms with Crippen molar-refractivity contribution in [2.75, 3.05) is 30.9 Å². The third-order valence-corrected chi connectivity index (χ3v) is 3.50. The third kappa shape index (κ3) is 3.14. The van der Waals surface area contributed by atoms with E-state index in [0.717, 1.165) is 28.7 Å². The van der Waals surface area contributed by atoms with E-state index in [4.69, 9.17) is 4.74 Å². The molecule has 0 aliphatic rings. The molecule has 0 unspecified atom stereocenters. The van der Waals surface area contributed by atoms with Crippen LogP contribution in [0.3, 0.4) is 0 Å². The van der Waals surface area contributed by atoms with Crippen LogP contribution in [0.4, 0.5) is 10.7 Å². The monoisotopic (exact) mass is 278 g/mol. The van der Waals surface area contributed by atoms with Gasteiger partial charge in [0.2, 0.25) is 0 Å². The Morgan fingerprint density at radius 1 is 1.37 bits per heavy atom. The van der Waals surface area contributed by atoms with Gasteiger partial charge in [-0.25, -0.2) is 0 Å². The SMILES string of the molecule is CCNc1snnc1CN(C)c1ccccc1OC. The second kappa shape index (κ2) is 6.38. The summed E-state index contributed by atoms with van der Waals surface area (Å²) in [6.45, 7) is 3.63. The van der Waals surface area contributed by atoms with Crippen molar-refractivity contribution in [3.63, 3.8) is 0 Å². The molecule has 6 heteroatoms. The molecule has 5 nitrogen and oxygen atoms in total. The second-order valence-corrected chi connectivity index (χ2v) is 4.86. The zero-order valence-corrected chi connectivity index (χ0v) is 12.2. The minimum Gasteiger partial charge on any atom is -0.495 e. The summed E-state index contributed by atoms with van der Waals surface area (Å²) in [4.78, 5) is 2.11. The van der Waals surface area contributed by atoms with Crippen LogP contribution in [-0.4, -0.2) is 30.3 Å². The molecule has 102 valence electrons. The summed E-state index contributed by atoms with van der Waals surface area (Å²) in [5, 5.41) is 8.49.